The summed E-state index contributed by atoms with van der Waals surface area (Å²) < 4.78 is 0. The van der Waals surface area contributed by atoms with Crippen molar-refractivity contribution in [2.24, 2.45) is 0 Å². The van der Waals surface area contributed by atoms with Crippen molar-refractivity contribution >= 4 is 35.3 Å². The van der Waals surface area contributed by atoms with Crippen molar-refractivity contribution in [2.75, 3.05) is 41.9 Å². The molecule has 82 valence electrons. The van der Waals surface area contributed by atoms with E-state index in [4.69, 9.17) is 11.6 Å². The summed E-state index contributed by atoms with van der Waals surface area (Å²) in [7, 11) is 1.77. The Morgan fingerprint density at radius 2 is 2.00 bits per heavy atom. The molecule has 7 heteroatoms. The lowest BCUT2D eigenvalue weighted by Gasteiger charge is -2.26. The second kappa shape index (κ2) is 4.85. The number of nitrogens with zero attached hydrogens (tertiary/aromatic N) is 4. The van der Waals surface area contributed by atoms with Crippen LogP contribution < -0.4 is 10.2 Å². The molecule has 1 aliphatic rings. The zero-order chi connectivity index (χ0) is 10.7. The van der Waals surface area contributed by atoms with E-state index in [1.54, 1.807) is 7.05 Å². The minimum Gasteiger partial charge on any atom is -0.357 e. The van der Waals surface area contributed by atoms with Gasteiger partial charge in [-0.3, -0.25) is 0 Å². The van der Waals surface area contributed by atoms with Crippen LogP contribution in [0.3, 0.4) is 0 Å². The Kier molecular flexibility index (Phi) is 3.48. The van der Waals surface area contributed by atoms with Gasteiger partial charge in [-0.2, -0.15) is 26.7 Å². The Morgan fingerprint density at radius 1 is 1.27 bits per heavy atom. The van der Waals surface area contributed by atoms with Crippen LogP contribution in [0.5, 0.6) is 0 Å². The average Bonchev–Trinajstić information content (AvgIpc) is 2.29. The molecule has 5 nitrogen and oxygen atoms in total. The van der Waals surface area contributed by atoms with Gasteiger partial charge < -0.3 is 10.2 Å². The first-order chi connectivity index (χ1) is 7.29. The first-order valence-corrected chi connectivity index (χ1v) is 6.25. The summed E-state index contributed by atoms with van der Waals surface area (Å²) in [4.78, 5) is 14.5. The fourth-order valence-electron chi connectivity index (χ4n) is 1.36. The maximum Gasteiger partial charge on any atom is 0.231 e. The van der Waals surface area contributed by atoms with Crippen LogP contribution in [0.4, 0.5) is 11.9 Å². The highest BCUT2D eigenvalue weighted by atomic mass is 35.5. The van der Waals surface area contributed by atoms with Crippen molar-refractivity contribution in [1.82, 2.24) is 15.0 Å². The monoisotopic (exact) mass is 245 g/mol. The minimum atomic E-state index is 0.238. The molecule has 0 atom stereocenters. The number of nitrogens with one attached hydrogen (secondary N) is 1. The normalized spacial score (nSPS) is 16.5. The van der Waals surface area contributed by atoms with Crippen molar-refractivity contribution in [2.45, 2.75) is 0 Å². The van der Waals surface area contributed by atoms with Crippen molar-refractivity contribution in [1.29, 1.82) is 0 Å². The molecule has 1 aromatic rings. The molecule has 0 unspecified atom stereocenters. The molecule has 1 saturated heterocycles. The molecule has 0 amide bonds. The van der Waals surface area contributed by atoms with Gasteiger partial charge >= 0.3 is 0 Å². The Labute approximate surface area is 97.6 Å². The van der Waals surface area contributed by atoms with Crippen LogP contribution in [0.1, 0.15) is 0 Å². The number of rotatable bonds is 2. The lowest BCUT2D eigenvalue weighted by atomic mass is 10.5. The molecule has 1 N–H and O–H groups in total. The third-order valence-corrected chi connectivity index (χ3v) is 3.23. The smallest absolute Gasteiger partial charge is 0.231 e. The Balaban J connectivity index is 2.22. The van der Waals surface area contributed by atoms with E-state index in [0.717, 1.165) is 24.6 Å². The lowest BCUT2D eigenvalue weighted by Crippen LogP contribution is -2.34. The van der Waals surface area contributed by atoms with Gasteiger partial charge in [-0.15, -0.1) is 0 Å². The van der Waals surface area contributed by atoms with Gasteiger partial charge in [0.1, 0.15) is 0 Å². The highest BCUT2D eigenvalue weighted by Gasteiger charge is 2.15. The molecule has 0 radical (unpaired) electrons. The molecule has 2 heterocycles. The van der Waals surface area contributed by atoms with E-state index < -0.39 is 0 Å². The molecule has 1 aromatic heterocycles. The van der Waals surface area contributed by atoms with Crippen LogP contribution in [-0.4, -0.2) is 46.6 Å². The summed E-state index contributed by atoms with van der Waals surface area (Å²) in [5.74, 6) is 3.40. The van der Waals surface area contributed by atoms with Gasteiger partial charge in [0.15, 0.2) is 0 Å². The van der Waals surface area contributed by atoms with Crippen molar-refractivity contribution in [3.05, 3.63) is 5.28 Å². The Hall–Kier alpha value is -0.750. The molecule has 0 bridgehead atoms. The van der Waals surface area contributed by atoms with Crippen LogP contribution in [0.15, 0.2) is 0 Å². The van der Waals surface area contributed by atoms with E-state index in [1.807, 2.05) is 11.8 Å². The zero-order valence-corrected chi connectivity index (χ0v) is 9.98. The van der Waals surface area contributed by atoms with Gasteiger partial charge in [-0.25, -0.2) is 0 Å². The van der Waals surface area contributed by atoms with E-state index >= 15 is 0 Å². The van der Waals surface area contributed by atoms with E-state index in [0.29, 0.717) is 11.9 Å². The topological polar surface area (TPSA) is 53.9 Å². The fourth-order valence-corrected chi connectivity index (χ4v) is 2.41. The van der Waals surface area contributed by atoms with Crippen LogP contribution in [0, 0.1) is 0 Å². The second-order valence-corrected chi connectivity index (χ2v) is 4.64. The van der Waals surface area contributed by atoms with E-state index in [-0.39, 0.29) is 5.28 Å². The van der Waals surface area contributed by atoms with Crippen molar-refractivity contribution in [3.63, 3.8) is 0 Å². The standard InChI is InChI=1S/C8H12ClN5S/c1-10-7-11-6(9)12-8(13-7)14-2-4-15-5-3-14/h2-5H2,1H3,(H,10,11,12,13). The van der Waals surface area contributed by atoms with Crippen LogP contribution in [0.2, 0.25) is 5.28 Å². The maximum atomic E-state index is 5.81. The lowest BCUT2D eigenvalue weighted by molar-refractivity contribution is 0.808. The molecule has 0 spiro atoms. The summed E-state index contributed by atoms with van der Waals surface area (Å²) in [6, 6.07) is 0. The first-order valence-electron chi connectivity index (χ1n) is 4.71. The third kappa shape index (κ3) is 2.63. The predicted molar refractivity (Wildman–Crippen MR) is 63.9 cm³/mol. The van der Waals surface area contributed by atoms with Gasteiger partial charge in [0.2, 0.25) is 17.2 Å². The average molecular weight is 246 g/mol. The molecule has 1 aliphatic heterocycles. The SMILES string of the molecule is CNc1nc(Cl)nc(N2CCSCC2)n1. The van der Waals surface area contributed by atoms with Gasteiger partial charge in [-0.05, 0) is 11.6 Å². The number of aromatic nitrogens is 3. The Bertz CT molecular complexity index is 342. The van der Waals surface area contributed by atoms with Gasteiger partial charge in [0, 0.05) is 31.6 Å². The van der Waals surface area contributed by atoms with Crippen LogP contribution >= 0.6 is 23.4 Å². The number of hydrogen-bond acceptors (Lipinski definition) is 6. The molecule has 0 aliphatic carbocycles. The van der Waals surface area contributed by atoms with Crippen LogP contribution in [0.25, 0.3) is 0 Å². The molecule has 15 heavy (non-hydrogen) atoms. The first kappa shape index (κ1) is 10.8. The van der Waals surface area contributed by atoms with Crippen LogP contribution in [-0.2, 0) is 0 Å². The molecule has 2 rings (SSSR count). The third-order valence-electron chi connectivity index (χ3n) is 2.11. The summed E-state index contributed by atoms with van der Waals surface area (Å²) in [6.07, 6.45) is 0. The highest BCUT2D eigenvalue weighted by Crippen LogP contribution is 2.17. The number of anilines is 2. The summed E-state index contributed by atoms with van der Waals surface area (Å²) >= 11 is 7.76. The Morgan fingerprint density at radius 3 is 2.67 bits per heavy atom. The highest BCUT2D eigenvalue weighted by molar-refractivity contribution is 7.99. The largest absolute Gasteiger partial charge is 0.357 e. The fraction of sp³-hybridized carbons (Fsp3) is 0.625. The minimum absolute atomic E-state index is 0.238. The number of thioether (sulfide) groups is 1. The van der Waals surface area contributed by atoms with E-state index in [2.05, 4.69) is 25.2 Å². The molecule has 0 aromatic carbocycles. The summed E-state index contributed by atoms with van der Waals surface area (Å²) in [5.41, 5.74) is 0. The summed E-state index contributed by atoms with van der Waals surface area (Å²) in [6.45, 7) is 1.93. The molecular weight excluding hydrogens is 234 g/mol. The second-order valence-electron chi connectivity index (χ2n) is 3.08. The van der Waals surface area contributed by atoms with Crippen molar-refractivity contribution in [3.8, 4) is 0 Å². The molecular formula is C8H12ClN5S. The predicted octanol–water partition coefficient (Wildman–Crippen LogP) is 1.12. The van der Waals surface area contributed by atoms with Gasteiger partial charge in [0.25, 0.3) is 0 Å². The summed E-state index contributed by atoms with van der Waals surface area (Å²) in [5, 5.41) is 3.11. The number of halogens is 1. The van der Waals surface area contributed by atoms with E-state index in [9.17, 15) is 0 Å². The quantitative estimate of drug-likeness (QED) is 0.843. The maximum absolute atomic E-state index is 5.81. The van der Waals surface area contributed by atoms with Gasteiger partial charge in [-0.1, -0.05) is 0 Å². The zero-order valence-electron chi connectivity index (χ0n) is 8.40. The molecule has 0 saturated carbocycles. The number of hydrogen-bond donors (Lipinski definition) is 1. The van der Waals surface area contributed by atoms with Gasteiger partial charge in [0.05, 0.1) is 0 Å². The van der Waals surface area contributed by atoms with E-state index in [1.165, 1.54) is 0 Å². The molecule has 1 fully saturated rings. The van der Waals surface area contributed by atoms with Crippen molar-refractivity contribution < 1.29 is 0 Å².